The molecule has 1 aromatic heterocycles. The summed E-state index contributed by atoms with van der Waals surface area (Å²) in [5.41, 5.74) is 13.1. The predicted molar refractivity (Wildman–Crippen MR) is 117 cm³/mol. The van der Waals surface area contributed by atoms with Gasteiger partial charge in [-0.2, -0.15) is 0 Å². The van der Waals surface area contributed by atoms with E-state index in [-0.39, 0.29) is 11.3 Å². The topological polar surface area (TPSA) is 62.1 Å². The van der Waals surface area contributed by atoms with E-state index in [4.69, 9.17) is 5.73 Å². The first-order valence-electron chi connectivity index (χ1n) is 10.8. The van der Waals surface area contributed by atoms with E-state index in [9.17, 15) is 4.79 Å². The van der Waals surface area contributed by atoms with Crippen LogP contribution in [0.1, 0.15) is 41.5 Å². The Morgan fingerprint density at radius 2 is 1.97 bits per heavy atom. The first-order valence-corrected chi connectivity index (χ1v) is 10.8. The Labute approximate surface area is 172 Å². The van der Waals surface area contributed by atoms with Crippen molar-refractivity contribution in [3.8, 4) is 0 Å². The molecule has 0 bridgehead atoms. The molecule has 29 heavy (non-hydrogen) atoms. The van der Waals surface area contributed by atoms with Crippen molar-refractivity contribution in [3.63, 3.8) is 0 Å². The zero-order chi connectivity index (χ0) is 20.0. The molecule has 0 saturated carbocycles. The van der Waals surface area contributed by atoms with Crippen molar-refractivity contribution in [2.45, 2.75) is 50.5 Å². The normalized spacial score (nSPS) is 18.9. The molecule has 1 amide bonds. The third-order valence-corrected chi connectivity index (χ3v) is 7.17. The van der Waals surface area contributed by atoms with Crippen LogP contribution in [0.15, 0.2) is 48.7 Å². The lowest BCUT2D eigenvalue weighted by atomic mass is 9.74. The van der Waals surface area contributed by atoms with Crippen LogP contribution in [0, 0.1) is 6.92 Å². The maximum absolute atomic E-state index is 13.1. The number of rotatable bonds is 3. The van der Waals surface area contributed by atoms with Gasteiger partial charge >= 0.3 is 0 Å². The summed E-state index contributed by atoms with van der Waals surface area (Å²) in [6, 6.07) is 14.7. The number of piperidine rings is 1. The fourth-order valence-corrected chi connectivity index (χ4v) is 5.46. The molecule has 1 fully saturated rings. The van der Waals surface area contributed by atoms with E-state index in [1.54, 1.807) is 0 Å². The third-order valence-electron chi connectivity index (χ3n) is 7.17. The van der Waals surface area contributed by atoms with Gasteiger partial charge in [-0.1, -0.05) is 35.9 Å². The highest BCUT2D eigenvalue weighted by atomic mass is 16.2. The van der Waals surface area contributed by atoms with E-state index < -0.39 is 6.04 Å². The molecule has 5 rings (SSSR count). The van der Waals surface area contributed by atoms with Crippen LogP contribution in [0.3, 0.4) is 0 Å². The molecule has 2 aliphatic rings. The number of aromatic nitrogens is 1. The highest BCUT2D eigenvalue weighted by Crippen LogP contribution is 2.46. The van der Waals surface area contributed by atoms with E-state index in [1.807, 2.05) is 11.1 Å². The standard InChI is InChI=1S/C25H29N3O/c1-17-6-7-23-20(14-17)19(16-27-23)15-22(26)24(29)28-12-10-25(11-13-28)9-8-18-4-2-3-5-21(18)25/h2-7,14,16,22,27H,8-13,15,26H2,1H3. The number of aryl methyl sites for hydroxylation is 2. The highest BCUT2D eigenvalue weighted by molar-refractivity contribution is 5.86. The van der Waals surface area contributed by atoms with Gasteiger partial charge in [0.15, 0.2) is 0 Å². The van der Waals surface area contributed by atoms with Crippen molar-refractivity contribution in [2.75, 3.05) is 13.1 Å². The first-order chi connectivity index (χ1) is 14.1. The van der Waals surface area contributed by atoms with Gasteiger partial charge in [0.25, 0.3) is 0 Å². The fourth-order valence-electron chi connectivity index (χ4n) is 5.46. The van der Waals surface area contributed by atoms with Gasteiger partial charge in [-0.3, -0.25) is 4.79 Å². The van der Waals surface area contributed by atoms with Crippen molar-refractivity contribution >= 4 is 16.8 Å². The predicted octanol–water partition coefficient (Wildman–Crippen LogP) is 3.85. The van der Waals surface area contributed by atoms with Crippen LogP contribution in [0.2, 0.25) is 0 Å². The molecule has 2 heterocycles. The highest BCUT2D eigenvalue weighted by Gasteiger charge is 2.42. The number of nitrogens with one attached hydrogen (secondary N) is 1. The van der Waals surface area contributed by atoms with Crippen LogP contribution in [0.4, 0.5) is 0 Å². The van der Waals surface area contributed by atoms with Crippen LogP contribution in [-0.4, -0.2) is 34.9 Å². The summed E-state index contributed by atoms with van der Waals surface area (Å²) in [5, 5.41) is 1.17. The quantitative estimate of drug-likeness (QED) is 0.717. The second kappa shape index (κ2) is 7.03. The lowest BCUT2D eigenvalue weighted by Gasteiger charge is -2.41. The smallest absolute Gasteiger partial charge is 0.239 e. The molecule has 1 spiro atoms. The minimum Gasteiger partial charge on any atom is -0.361 e. The Balaban J connectivity index is 1.26. The number of amides is 1. The van der Waals surface area contributed by atoms with Gasteiger partial charge in [0.2, 0.25) is 5.91 Å². The van der Waals surface area contributed by atoms with Crippen LogP contribution in [0.5, 0.6) is 0 Å². The minimum atomic E-state index is -0.487. The minimum absolute atomic E-state index is 0.0909. The average molecular weight is 388 g/mol. The lowest BCUT2D eigenvalue weighted by Crippen LogP contribution is -2.50. The Hall–Kier alpha value is -2.59. The van der Waals surface area contributed by atoms with Gasteiger partial charge in [0.1, 0.15) is 0 Å². The summed E-state index contributed by atoms with van der Waals surface area (Å²) in [5.74, 6) is 0.0909. The van der Waals surface area contributed by atoms with Crippen molar-refractivity contribution < 1.29 is 4.79 Å². The Morgan fingerprint density at radius 3 is 2.79 bits per heavy atom. The van der Waals surface area contributed by atoms with Crippen LogP contribution in [-0.2, 0) is 23.1 Å². The number of nitrogens with two attached hydrogens (primary N) is 1. The monoisotopic (exact) mass is 387 g/mol. The van der Waals surface area contributed by atoms with E-state index in [0.29, 0.717) is 6.42 Å². The van der Waals surface area contributed by atoms with Crippen molar-refractivity contribution in [3.05, 3.63) is 70.9 Å². The Bertz CT molecular complexity index is 1060. The van der Waals surface area contributed by atoms with Crippen molar-refractivity contribution in [1.82, 2.24) is 9.88 Å². The molecule has 1 unspecified atom stereocenters. The number of carbonyl (C=O) groups is 1. The number of likely N-dealkylation sites (tertiary alicyclic amines) is 1. The van der Waals surface area contributed by atoms with Gasteiger partial charge in [0, 0.05) is 30.2 Å². The number of benzene rings is 2. The Morgan fingerprint density at radius 1 is 1.17 bits per heavy atom. The Kier molecular flexibility index (Phi) is 4.47. The molecule has 1 aliphatic carbocycles. The van der Waals surface area contributed by atoms with Crippen LogP contribution < -0.4 is 5.73 Å². The van der Waals surface area contributed by atoms with E-state index in [1.165, 1.54) is 34.9 Å². The number of H-pyrrole nitrogens is 1. The number of nitrogens with zero attached hydrogens (tertiary/aromatic N) is 1. The van der Waals surface area contributed by atoms with E-state index in [0.717, 1.165) is 37.0 Å². The molecule has 0 radical (unpaired) electrons. The zero-order valence-corrected chi connectivity index (χ0v) is 17.1. The average Bonchev–Trinajstić information content (AvgIpc) is 3.30. The van der Waals surface area contributed by atoms with Gasteiger partial charge in [-0.25, -0.2) is 0 Å². The molecule has 1 saturated heterocycles. The zero-order valence-electron chi connectivity index (χ0n) is 17.1. The second-order valence-corrected chi connectivity index (χ2v) is 8.94. The summed E-state index contributed by atoms with van der Waals surface area (Å²) < 4.78 is 0. The van der Waals surface area contributed by atoms with Crippen molar-refractivity contribution in [1.29, 1.82) is 0 Å². The molecule has 1 atom stereocenters. The SMILES string of the molecule is Cc1ccc2[nH]cc(CC(N)C(=O)N3CCC4(CCc5ccccc54)CC3)c2c1. The molecule has 3 aromatic rings. The van der Waals surface area contributed by atoms with Gasteiger partial charge in [-0.05, 0) is 73.3 Å². The van der Waals surface area contributed by atoms with Crippen LogP contribution in [0.25, 0.3) is 10.9 Å². The molecule has 150 valence electrons. The molecule has 4 heteroatoms. The molecule has 4 nitrogen and oxygen atoms in total. The summed E-state index contributed by atoms with van der Waals surface area (Å²) in [4.78, 5) is 18.4. The molecule has 2 aromatic carbocycles. The molecule has 1 aliphatic heterocycles. The van der Waals surface area contributed by atoms with Gasteiger partial charge in [0.05, 0.1) is 6.04 Å². The summed E-state index contributed by atoms with van der Waals surface area (Å²) in [6.07, 6.45) is 7.06. The summed E-state index contributed by atoms with van der Waals surface area (Å²) in [7, 11) is 0. The second-order valence-electron chi connectivity index (χ2n) is 8.94. The lowest BCUT2D eigenvalue weighted by molar-refractivity contribution is -0.134. The number of fused-ring (bicyclic) bond motifs is 3. The number of carbonyl (C=O) groups excluding carboxylic acids is 1. The molecular weight excluding hydrogens is 358 g/mol. The van der Waals surface area contributed by atoms with Crippen molar-refractivity contribution in [2.24, 2.45) is 5.73 Å². The maximum atomic E-state index is 13.1. The van der Waals surface area contributed by atoms with Gasteiger partial charge < -0.3 is 15.6 Å². The number of hydrogen-bond acceptors (Lipinski definition) is 2. The molecular formula is C25H29N3O. The van der Waals surface area contributed by atoms with E-state index >= 15 is 0 Å². The number of hydrogen-bond donors (Lipinski definition) is 2. The third kappa shape index (κ3) is 3.16. The first kappa shape index (κ1) is 18.4. The molecule has 3 N–H and O–H groups in total. The van der Waals surface area contributed by atoms with E-state index in [2.05, 4.69) is 54.4 Å². The summed E-state index contributed by atoms with van der Waals surface area (Å²) in [6.45, 7) is 3.72. The maximum Gasteiger partial charge on any atom is 0.239 e. The van der Waals surface area contributed by atoms with Crippen LogP contribution >= 0.6 is 0 Å². The van der Waals surface area contributed by atoms with Gasteiger partial charge in [-0.15, -0.1) is 0 Å². The largest absolute Gasteiger partial charge is 0.361 e. The fraction of sp³-hybridized carbons (Fsp3) is 0.400. The summed E-state index contributed by atoms with van der Waals surface area (Å²) >= 11 is 0. The number of aromatic amines is 1.